The first kappa shape index (κ1) is 12.4. The van der Waals surface area contributed by atoms with Gasteiger partial charge in [-0.25, -0.2) is 13.8 Å². The number of ketones is 1. The highest BCUT2D eigenvalue weighted by atomic mass is 19.1. The topological polar surface area (TPSA) is 34.9 Å². The summed E-state index contributed by atoms with van der Waals surface area (Å²) in [6, 6.07) is 2.80. The molecule has 18 heavy (non-hydrogen) atoms. The lowest BCUT2D eigenvalue weighted by molar-refractivity contribution is 0.0989. The molecule has 0 N–H and O–H groups in total. The molecule has 2 aromatic rings. The van der Waals surface area contributed by atoms with Crippen molar-refractivity contribution in [2.24, 2.45) is 0 Å². The lowest BCUT2D eigenvalue weighted by atomic mass is 10.1. The van der Waals surface area contributed by atoms with E-state index in [0.717, 1.165) is 18.2 Å². The Balaban J connectivity index is 2.22. The van der Waals surface area contributed by atoms with Crippen LogP contribution in [0.25, 0.3) is 0 Å². The van der Waals surface area contributed by atoms with Crippen LogP contribution in [0.3, 0.4) is 0 Å². The third-order valence-electron chi connectivity index (χ3n) is 2.65. The van der Waals surface area contributed by atoms with Crippen molar-refractivity contribution in [2.75, 3.05) is 0 Å². The molecule has 0 atom stereocenters. The number of carbonyl (C=O) groups is 1. The van der Waals surface area contributed by atoms with Crippen LogP contribution in [0.15, 0.2) is 30.6 Å². The Bertz CT molecular complexity index is 558. The van der Waals surface area contributed by atoms with Crippen LogP contribution in [-0.4, -0.2) is 15.3 Å². The van der Waals surface area contributed by atoms with E-state index in [1.165, 1.54) is 0 Å². The Morgan fingerprint density at radius 1 is 1.28 bits per heavy atom. The minimum Gasteiger partial charge on any atom is -0.335 e. The number of Topliss-reactive ketones (excluding diaryl/α,β-unsaturated/α-hetero) is 1. The first-order valence-corrected chi connectivity index (χ1v) is 5.59. The Morgan fingerprint density at radius 2 is 1.94 bits per heavy atom. The monoisotopic (exact) mass is 250 g/mol. The maximum absolute atomic E-state index is 13.0. The summed E-state index contributed by atoms with van der Waals surface area (Å²) in [6.07, 6.45) is 3.39. The van der Waals surface area contributed by atoms with Gasteiger partial charge in [-0.05, 0) is 19.1 Å². The van der Waals surface area contributed by atoms with Crippen LogP contribution in [0, 0.1) is 11.6 Å². The Kier molecular flexibility index (Phi) is 3.50. The van der Waals surface area contributed by atoms with Crippen molar-refractivity contribution in [2.45, 2.75) is 19.9 Å². The molecule has 0 amide bonds. The van der Waals surface area contributed by atoms with Crippen molar-refractivity contribution in [1.29, 1.82) is 0 Å². The summed E-state index contributed by atoms with van der Waals surface area (Å²) in [6.45, 7) is 2.62. The van der Waals surface area contributed by atoms with Gasteiger partial charge in [0.1, 0.15) is 17.5 Å². The van der Waals surface area contributed by atoms with Gasteiger partial charge in [0.2, 0.25) is 0 Å². The Morgan fingerprint density at radius 3 is 2.56 bits per heavy atom. The van der Waals surface area contributed by atoms with Crippen LogP contribution in [0.5, 0.6) is 0 Å². The Hall–Kier alpha value is -2.04. The molecule has 5 heteroatoms. The molecular weight excluding hydrogens is 238 g/mol. The smallest absolute Gasteiger partial charge is 0.170 e. The van der Waals surface area contributed by atoms with Crippen molar-refractivity contribution < 1.29 is 13.6 Å². The number of imidazole rings is 1. The van der Waals surface area contributed by atoms with Gasteiger partial charge in [-0.1, -0.05) is 0 Å². The van der Waals surface area contributed by atoms with E-state index in [2.05, 4.69) is 4.98 Å². The van der Waals surface area contributed by atoms with Crippen molar-refractivity contribution in [3.05, 3.63) is 53.6 Å². The SMILES string of the molecule is CCn1ccnc1CC(=O)c1cc(F)cc(F)c1. The van der Waals surface area contributed by atoms with Crippen molar-refractivity contribution >= 4 is 5.78 Å². The largest absolute Gasteiger partial charge is 0.335 e. The normalized spacial score (nSPS) is 10.6. The van der Waals surface area contributed by atoms with E-state index in [-0.39, 0.29) is 17.8 Å². The average molecular weight is 250 g/mol. The van der Waals surface area contributed by atoms with Crippen molar-refractivity contribution in [1.82, 2.24) is 9.55 Å². The van der Waals surface area contributed by atoms with Gasteiger partial charge >= 0.3 is 0 Å². The third-order valence-corrected chi connectivity index (χ3v) is 2.65. The molecule has 0 spiro atoms. The first-order valence-electron chi connectivity index (χ1n) is 5.59. The number of benzene rings is 1. The molecule has 0 aliphatic carbocycles. The summed E-state index contributed by atoms with van der Waals surface area (Å²) >= 11 is 0. The summed E-state index contributed by atoms with van der Waals surface area (Å²) in [5.41, 5.74) is 0.0261. The van der Waals surface area contributed by atoms with Crippen molar-refractivity contribution in [3.63, 3.8) is 0 Å². The number of nitrogens with zero attached hydrogens (tertiary/aromatic N) is 2. The highest BCUT2D eigenvalue weighted by Gasteiger charge is 2.13. The fourth-order valence-corrected chi connectivity index (χ4v) is 1.76. The molecule has 1 aromatic carbocycles. The molecule has 3 nitrogen and oxygen atoms in total. The lowest BCUT2D eigenvalue weighted by Crippen LogP contribution is -2.10. The summed E-state index contributed by atoms with van der Waals surface area (Å²) < 4.78 is 27.8. The second kappa shape index (κ2) is 5.08. The summed E-state index contributed by atoms with van der Waals surface area (Å²) in [4.78, 5) is 15.9. The van der Waals surface area contributed by atoms with Crippen LogP contribution in [-0.2, 0) is 13.0 Å². The van der Waals surface area contributed by atoms with E-state index >= 15 is 0 Å². The van der Waals surface area contributed by atoms with Gasteiger partial charge < -0.3 is 4.57 Å². The van der Waals surface area contributed by atoms with E-state index < -0.39 is 11.6 Å². The number of hydrogen-bond donors (Lipinski definition) is 0. The maximum Gasteiger partial charge on any atom is 0.170 e. The second-order valence-corrected chi connectivity index (χ2v) is 3.89. The van der Waals surface area contributed by atoms with Crippen LogP contribution < -0.4 is 0 Å². The minimum absolute atomic E-state index is 0.0261. The minimum atomic E-state index is -0.753. The first-order chi connectivity index (χ1) is 8.60. The van der Waals surface area contributed by atoms with E-state index in [0.29, 0.717) is 12.4 Å². The van der Waals surface area contributed by atoms with E-state index in [1.54, 1.807) is 12.4 Å². The van der Waals surface area contributed by atoms with Crippen LogP contribution in [0.4, 0.5) is 8.78 Å². The van der Waals surface area contributed by atoms with Gasteiger partial charge in [0.25, 0.3) is 0 Å². The number of rotatable bonds is 4. The zero-order valence-corrected chi connectivity index (χ0v) is 9.86. The van der Waals surface area contributed by atoms with Crippen molar-refractivity contribution in [3.8, 4) is 0 Å². The molecule has 0 bridgehead atoms. The Labute approximate surface area is 103 Å². The number of carbonyl (C=O) groups excluding carboxylic acids is 1. The highest BCUT2D eigenvalue weighted by Crippen LogP contribution is 2.11. The summed E-state index contributed by atoms with van der Waals surface area (Å²) in [5.74, 6) is -1.27. The molecule has 1 heterocycles. The number of halogens is 2. The fourth-order valence-electron chi connectivity index (χ4n) is 1.76. The molecule has 1 aromatic heterocycles. The number of hydrogen-bond acceptors (Lipinski definition) is 2. The number of aromatic nitrogens is 2. The third kappa shape index (κ3) is 2.61. The van der Waals surface area contributed by atoms with Gasteiger partial charge in [0.15, 0.2) is 5.78 Å². The summed E-state index contributed by atoms with van der Waals surface area (Å²) in [5, 5.41) is 0. The van der Waals surface area contributed by atoms with Gasteiger partial charge in [-0.15, -0.1) is 0 Å². The van der Waals surface area contributed by atoms with Crippen LogP contribution >= 0.6 is 0 Å². The van der Waals surface area contributed by atoms with E-state index in [1.807, 2.05) is 11.5 Å². The lowest BCUT2D eigenvalue weighted by Gasteiger charge is -2.04. The molecular formula is C13H12F2N2O. The average Bonchev–Trinajstić information content (AvgIpc) is 2.75. The van der Waals surface area contributed by atoms with Gasteiger partial charge in [0.05, 0.1) is 6.42 Å². The van der Waals surface area contributed by atoms with Crippen LogP contribution in [0.1, 0.15) is 23.1 Å². The van der Waals surface area contributed by atoms with Gasteiger partial charge in [0, 0.05) is 30.6 Å². The van der Waals surface area contributed by atoms with Gasteiger partial charge in [-0.3, -0.25) is 4.79 Å². The molecule has 0 aliphatic heterocycles. The quantitative estimate of drug-likeness (QED) is 0.782. The molecule has 0 unspecified atom stereocenters. The standard InChI is InChI=1S/C13H12F2N2O/c1-2-17-4-3-16-13(17)8-12(18)9-5-10(14)7-11(15)6-9/h3-7H,2,8H2,1H3. The predicted molar refractivity (Wildman–Crippen MR) is 62.3 cm³/mol. The van der Waals surface area contributed by atoms with E-state index in [4.69, 9.17) is 0 Å². The zero-order chi connectivity index (χ0) is 13.1. The molecule has 0 aliphatic rings. The molecule has 0 saturated heterocycles. The highest BCUT2D eigenvalue weighted by molar-refractivity contribution is 5.97. The van der Waals surface area contributed by atoms with Crippen LogP contribution in [0.2, 0.25) is 0 Å². The summed E-state index contributed by atoms with van der Waals surface area (Å²) in [7, 11) is 0. The molecule has 94 valence electrons. The predicted octanol–water partition coefficient (Wildman–Crippen LogP) is 2.61. The molecule has 2 rings (SSSR count). The number of aryl methyl sites for hydroxylation is 1. The molecule has 0 fully saturated rings. The van der Waals surface area contributed by atoms with E-state index in [9.17, 15) is 13.6 Å². The fraction of sp³-hybridized carbons (Fsp3) is 0.231. The van der Waals surface area contributed by atoms with Gasteiger partial charge in [-0.2, -0.15) is 0 Å². The maximum atomic E-state index is 13.0. The molecule has 0 saturated carbocycles. The molecule has 0 radical (unpaired) electrons. The second-order valence-electron chi connectivity index (χ2n) is 3.89. The zero-order valence-electron chi connectivity index (χ0n) is 9.86.